The fraction of sp³-hybridized carbons (Fsp3) is 0.692. The van der Waals surface area contributed by atoms with Crippen LogP contribution in [-0.4, -0.2) is 15.6 Å². The van der Waals surface area contributed by atoms with Crippen LogP contribution in [0.1, 0.15) is 56.4 Å². The number of carbonyl (C=O) groups is 1. The van der Waals surface area contributed by atoms with E-state index in [1.165, 1.54) is 12.8 Å². The predicted molar refractivity (Wildman–Crippen MR) is 65.5 cm³/mol. The summed E-state index contributed by atoms with van der Waals surface area (Å²) in [5.74, 6) is 0.706. The molecule has 0 fully saturated rings. The highest BCUT2D eigenvalue weighted by Gasteiger charge is 2.15. The van der Waals surface area contributed by atoms with Gasteiger partial charge in [0, 0.05) is 19.7 Å². The number of aromatic nitrogens is 2. The second-order valence-corrected chi connectivity index (χ2v) is 4.42. The lowest BCUT2D eigenvalue weighted by molar-refractivity contribution is 0.0951. The van der Waals surface area contributed by atoms with E-state index < -0.39 is 0 Å². The van der Waals surface area contributed by atoms with Gasteiger partial charge in [-0.1, -0.05) is 39.5 Å². The topological polar surface area (TPSA) is 34.9 Å². The quantitative estimate of drug-likeness (QED) is 0.664. The summed E-state index contributed by atoms with van der Waals surface area (Å²) in [6.45, 7) is 4.35. The molecule has 0 saturated heterocycles. The Hall–Kier alpha value is -1.12. The molecule has 3 heteroatoms. The molecule has 1 aromatic heterocycles. The van der Waals surface area contributed by atoms with E-state index in [2.05, 4.69) is 18.9 Å². The first-order valence-electron chi connectivity index (χ1n) is 6.20. The molecule has 16 heavy (non-hydrogen) atoms. The van der Waals surface area contributed by atoms with Crippen molar-refractivity contribution in [3.8, 4) is 0 Å². The van der Waals surface area contributed by atoms with Gasteiger partial charge in [0.25, 0.3) is 0 Å². The van der Waals surface area contributed by atoms with Gasteiger partial charge in [0.15, 0.2) is 5.78 Å². The highest BCUT2D eigenvalue weighted by atomic mass is 16.1. The lowest BCUT2D eigenvalue weighted by Gasteiger charge is -2.12. The van der Waals surface area contributed by atoms with Crippen LogP contribution in [0.25, 0.3) is 0 Å². The SMILES string of the molecule is CCCCC(CC)CC(=O)c1ccn(C)n1. The van der Waals surface area contributed by atoms with Gasteiger partial charge in [-0.25, -0.2) is 0 Å². The Kier molecular flexibility index (Phi) is 5.23. The van der Waals surface area contributed by atoms with Crippen LogP contribution in [0.5, 0.6) is 0 Å². The average Bonchev–Trinajstić information content (AvgIpc) is 2.70. The molecule has 3 nitrogen and oxygen atoms in total. The van der Waals surface area contributed by atoms with Crippen LogP contribution in [0, 0.1) is 5.92 Å². The Bertz CT molecular complexity index is 330. The molecule has 1 unspecified atom stereocenters. The fourth-order valence-electron chi connectivity index (χ4n) is 1.87. The van der Waals surface area contributed by atoms with Crippen molar-refractivity contribution in [1.82, 2.24) is 9.78 Å². The van der Waals surface area contributed by atoms with E-state index >= 15 is 0 Å². The van der Waals surface area contributed by atoms with Crippen molar-refractivity contribution in [1.29, 1.82) is 0 Å². The lowest BCUT2D eigenvalue weighted by Crippen LogP contribution is -2.09. The first kappa shape index (κ1) is 12.9. The number of ketones is 1. The summed E-state index contributed by atoms with van der Waals surface area (Å²) in [4.78, 5) is 11.9. The normalized spacial score (nSPS) is 12.7. The molecule has 0 saturated carbocycles. The van der Waals surface area contributed by atoms with Crippen molar-refractivity contribution < 1.29 is 4.79 Å². The minimum absolute atomic E-state index is 0.184. The van der Waals surface area contributed by atoms with Gasteiger partial charge >= 0.3 is 0 Å². The minimum atomic E-state index is 0.184. The summed E-state index contributed by atoms with van der Waals surface area (Å²) >= 11 is 0. The van der Waals surface area contributed by atoms with E-state index in [1.54, 1.807) is 10.7 Å². The van der Waals surface area contributed by atoms with E-state index in [0.717, 1.165) is 12.8 Å². The number of aryl methyl sites for hydroxylation is 1. The number of rotatable bonds is 7. The molecule has 1 aromatic rings. The van der Waals surface area contributed by atoms with Crippen molar-refractivity contribution in [2.45, 2.75) is 46.0 Å². The molecule has 90 valence electrons. The Morgan fingerprint density at radius 2 is 2.25 bits per heavy atom. The molecule has 0 amide bonds. The molecule has 1 atom stereocenters. The van der Waals surface area contributed by atoms with Crippen molar-refractivity contribution in [3.05, 3.63) is 18.0 Å². The molecule has 0 radical (unpaired) electrons. The Labute approximate surface area is 97.8 Å². The molecular weight excluding hydrogens is 200 g/mol. The van der Waals surface area contributed by atoms with Crippen molar-refractivity contribution in [2.75, 3.05) is 0 Å². The highest BCUT2D eigenvalue weighted by molar-refractivity contribution is 5.94. The van der Waals surface area contributed by atoms with E-state index in [4.69, 9.17) is 0 Å². The minimum Gasteiger partial charge on any atom is -0.292 e. The maximum Gasteiger partial charge on any atom is 0.183 e. The van der Waals surface area contributed by atoms with Crippen LogP contribution in [0.4, 0.5) is 0 Å². The number of hydrogen-bond donors (Lipinski definition) is 0. The van der Waals surface area contributed by atoms with Gasteiger partial charge in [0.2, 0.25) is 0 Å². The Morgan fingerprint density at radius 1 is 1.50 bits per heavy atom. The maximum absolute atomic E-state index is 11.9. The summed E-state index contributed by atoms with van der Waals surface area (Å²) in [6, 6.07) is 1.80. The second kappa shape index (κ2) is 6.46. The molecule has 1 rings (SSSR count). The number of carbonyl (C=O) groups excluding carboxylic acids is 1. The lowest BCUT2D eigenvalue weighted by atomic mass is 9.93. The highest BCUT2D eigenvalue weighted by Crippen LogP contribution is 2.18. The van der Waals surface area contributed by atoms with Crippen LogP contribution in [0.3, 0.4) is 0 Å². The van der Waals surface area contributed by atoms with Crippen molar-refractivity contribution >= 4 is 5.78 Å². The Morgan fingerprint density at radius 3 is 2.75 bits per heavy atom. The molecule has 0 spiro atoms. The number of unbranched alkanes of at least 4 members (excludes halogenated alkanes) is 1. The maximum atomic E-state index is 11.9. The van der Waals surface area contributed by atoms with Crippen LogP contribution in [0.15, 0.2) is 12.3 Å². The molecule has 0 aliphatic rings. The second-order valence-electron chi connectivity index (χ2n) is 4.42. The molecule has 0 N–H and O–H groups in total. The summed E-state index contributed by atoms with van der Waals surface area (Å²) in [5, 5.41) is 4.15. The van der Waals surface area contributed by atoms with E-state index in [9.17, 15) is 4.79 Å². The fourth-order valence-corrected chi connectivity index (χ4v) is 1.87. The first-order valence-corrected chi connectivity index (χ1v) is 6.20. The van der Waals surface area contributed by atoms with E-state index in [1.807, 2.05) is 13.2 Å². The molecule has 0 aliphatic carbocycles. The summed E-state index contributed by atoms with van der Waals surface area (Å²) in [6.07, 6.45) is 7.13. The zero-order valence-electron chi connectivity index (χ0n) is 10.6. The van der Waals surface area contributed by atoms with Gasteiger partial charge in [-0.2, -0.15) is 5.10 Å². The van der Waals surface area contributed by atoms with Gasteiger partial charge in [0.1, 0.15) is 5.69 Å². The van der Waals surface area contributed by atoms with Crippen molar-refractivity contribution in [3.63, 3.8) is 0 Å². The third-order valence-electron chi connectivity index (χ3n) is 3.02. The molecule has 0 aliphatic heterocycles. The molecular formula is C13H22N2O. The number of Topliss-reactive ketones (excluding diaryl/α,β-unsaturated/α-hetero) is 1. The monoisotopic (exact) mass is 222 g/mol. The molecule has 0 bridgehead atoms. The standard InChI is InChI=1S/C13H22N2O/c1-4-6-7-11(5-2)10-13(16)12-8-9-15(3)14-12/h8-9,11H,4-7,10H2,1-3H3. The third-order valence-corrected chi connectivity index (χ3v) is 3.02. The zero-order chi connectivity index (χ0) is 12.0. The van der Waals surface area contributed by atoms with Gasteiger partial charge in [-0.3, -0.25) is 9.48 Å². The molecule has 0 aromatic carbocycles. The smallest absolute Gasteiger partial charge is 0.183 e. The van der Waals surface area contributed by atoms with E-state index in [-0.39, 0.29) is 5.78 Å². The van der Waals surface area contributed by atoms with Gasteiger partial charge < -0.3 is 0 Å². The predicted octanol–water partition coefficient (Wildman–Crippen LogP) is 3.21. The summed E-state index contributed by atoms with van der Waals surface area (Å²) in [7, 11) is 1.84. The van der Waals surface area contributed by atoms with Crippen LogP contribution in [0.2, 0.25) is 0 Å². The van der Waals surface area contributed by atoms with Gasteiger partial charge in [-0.15, -0.1) is 0 Å². The summed E-state index contributed by atoms with van der Waals surface area (Å²) < 4.78 is 1.68. The Balaban J connectivity index is 2.48. The number of hydrogen-bond acceptors (Lipinski definition) is 2. The average molecular weight is 222 g/mol. The van der Waals surface area contributed by atoms with Crippen molar-refractivity contribution in [2.24, 2.45) is 13.0 Å². The third kappa shape index (κ3) is 3.80. The van der Waals surface area contributed by atoms with Crippen LogP contribution >= 0.6 is 0 Å². The largest absolute Gasteiger partial charge is 0.292 e. The van der Waals surface area contributed by atoms with Gasteiger partial charge in [-0.05, 0) is 12.0 Å². The molecule has 1 heterocycles. The van der Waals surface area contributed by atoms with Crippen LogP contribution < -0.4 is 0 Å². The first-order chi connectivity index (χ1) is 7.67. The zero-order valence-corrected chi connectivity index (χ0v) is 10.6. The van der Waals surface area contributed by atoms with Crippen LogP contribution in [-0.2, 0) is 7.05 Å². The van der Waals surface area contributed by atoms with E-state index in [0.29, 0.717) is 18.0 Å². The van der Waals surface area contributed by atoms with Gasteiger partial charge in [0.05, 0.1) is 0 Å². The summed E-state index contributed by atoms with van der Waals surface area (Å²) in [5.41, 5.74) is 0.609. The number of nitrogens with zero attached hydrogens (tertiary/aromatic N) is 2.